The minimum Gasteiger partial charge on any atom is -0.497 e. The van der Waals surface area contributed by atoms with Crippen LogP contribution < -0.4 is 15.7 Å². The first-order chi connectivity index (χ1) is 14.6. The monoisotopic (exact) mass is 422 g/mol. The van der Waals surface area contributed by atoms with E-state index in [4.69, 9.17) is 13.9 Å². The van der Waals surface area contributed by atoms with E-state index in [9.17, 15) is 9.59 Å². The molecule has 0 bridgehead atoms. The van der Waals surface area contributed by atoms with Crippen molar-refractivity contribution in [3.8, 4) is 17.0 Å². The first-order valence-electron chi connectivity index (χ1n) is 9.19. The average Bonchev–Trinajstić information content (AvgIpc) is 3.21. The molecule has 152 valence electrons. The van der Waals surface area contributed by atoms with E-state index in [1.165, 1.54) is 11.3 Å². The van der Waals surface area contributed by atoms with Gasteiger partial charge in [-0.1, -0.05) is 0 Å². The van der Waals surface area contributed by atoms with Gasteiger partial charge in [0.15, 0.2) is 5.13 Å². The summed E-state index contributed by atoms with van der Waals surface area (Å²) >= 11 is 1.36. The molecule has 0 unspecified atom stereocenters. The molecule has 2 heterocycles. The van der Waals surface area contributed by atoms with E-state index >= 15 is 0 Å². The van der Waals surface area contributed by atoms with Crippen LogP contribution in [-0.4, -0.2) is 24.7 Å². The molecule has 2 aromatic heterocycles. The van der Waals surface area contributed by atoms with Crippen molar-refractivity contribution in [2.45, 2.75) is 6.92 Å². The molecular weight excluding hydrogens is 404 g/mol. The van der Waals surface area contributed by atoms with Crippen LogP contribution in [0.15, 0.2) is 63.1 Å². The van der Waals surface area contributed by atoms with Crippen LogP contribution in [0.1, 0.15) is 17.3 Å². The standard InChI is InChI=1S/C22H18N2O5S/c1-3-28-20(25)13-4-6-15(7-5-13)23-22-24-18(12-30-22)17-11-14-10-16(27-2)8-9-19(14)29-21(17)26/h4-12H,3H2,1-2H3,(H,23,24). The lowest BCUT2D eigenvalue weighted by Gasteiger charge is -2.05. The maximum absolute atomic E-state index is 12.4. The number of thiazole rings is 1. The molecule has 0 aliphatic heterocycles. The summed E-state index contributed by atoms with van der Waals surface area (Å²) in [6.45, 7) is 2.09. The molecule has 30 heavy (non-hydrogen) atoms. The summed E-state index contributed by atoms with van der Waals surface area (Å²) in [6, 6.07) is 13.9. The highest BCUT2D eigenvalue weighted by Gasteiger charge is 2.13. The number of aromatic nitrogens is 1. The second-order valence-electron chi connectivity index (χ2n) is 6.31. The summed E-state index contributed by atoms with van der Waals surface area (Å²) in [5, 5.41) is 6.32. The van der Waals surface area contributed by atoms with Crippen molar-refractivity contribution in [1.82, 2.24) is 4.98 Å². The maximum Gasteiger partial charge on any atom is 0.345 e. The number of rotatable bonds is 6. The second-order valence-corrected chi connectivity index (χ2v) is 7.17. The van der Waals surface area contributed by atoms with E-state index in [-0.39, 0.29) is 5.97 Å². The number of nitrogens with zero attached hydrogens (tertiary/aromatic N) is 1. The van der Waals surface area contributed by atoms with Crippen molar-refractivity contribution < 1.29 is 18.7 Å². The van der Waals surface area contributed by atoms with Gasteiger partial charge in [0, 0.05) is 16.5 Å². The normalized spacial score (nSPS) is 10.7. The summed E-state index contributed by atoms with van der Waals surface area (Å²) in [5.41, 5.74) is 2.16. The topological polar surface area (TPSA) is 90.7 Å². The predicted octanol–water partition coefficient (Wildman–Crippen LogP) is 4.85. The van der Waals surface area contributed by atoms with Gasteiger partial charge < -0.3 is 19.2 Å². The van der Waals surface area contributed by atoms with Gasteiger partial charge in [0.2, 0.25) is 0 Å². The molecule has 0 spiro atoms. The number of methoxy groups -OCH3 is 1. The summed E-state index contributed by atoms with van der Waals surface area (Å²) in [7, 11) is 1.58. The molecule has 4 aromatic rings. The van der Waals surface area contributed by atoms with E-state index < -0.39 is 5.63 Å². The fourth-order valence-electron chi connectivity index (χ4n) is 2.89. The Labute approximate surface area is 175 Å². The Bertz CT molecular complexity index is 1260. The number of esters is 1. The number of hydrogen-bond donors (Lipinski definition) is 1. The third-order valence-corrected chi connectivity index (χ3v) is 5.12. The molecule has 0 saturated heterocycles. The van der Waals surface area contributed by atoms with Gasteiger partial charge in [0.25, 0.3) is 0 Å². The molecule has 0 amide bonds. The van der Waals surface area contributed by atoms with Crippen molar-refractivity contribution >= 4 is 39.1 Å². The van der Waals surface area contributed by atoms with Gasteiger partial charge in [-0.05, 0) is 55.5 Å². The fraction of sp³-hybridized carbons (Fsp3) is 0.136. The van der Waals surface area contributed by atoms with Crippen LogP contribution in [0.2, 0.25) is 0 Å². The lowest BCUT2D eigenvalue weighted by Crippen LogP contribution is -2.04. The van der Waals surface area contributed by atoms with Crippen molar-refractivity contribution in [2.75, 3.05) is 19.0 Å². The summed E-state index contributed by atoms with van der Waals surface area (Å²) in [4.78, 5) is 28.7. The quantitative estimate of drug-likeness (QED) is 0.351. The largest absolute Gasteiger partial charge is 0.497 e. The molecule has 0 radical (unpaired) electrons. The lowest BCUT2D eigenvalue weighted by molar-refractivity contribution is 0.0526. The van der Waals surface area contributed by atoms with Crippen molar-refractivity contribution in [2.24, 2.45) is 0 Å². The van der Waals surface area contributed by atoms with Crippen molar-refractivity contribution in [3.05, 3.63) is 69.9 Å². The number of ether oxygens (including phenoxy) is 2. The van der Waals surface area contributed by atoms with Crippen molar-refractivity contribution in [1.29, 1.82) is 0 Å². The number of anilines is 2. The average molecular weight is 422 g/mol. The predicted molar refractivity (Wildman–Crippen MR) is 116 cm³/mol. The van der Waals surface area contributed by atoms with Crippen LogP contribution in [0.25, 0.3) is 22.2 Å². The number of nitrogens with one attached hydrogen (secondary N) is 1. The minimum absolute atomic E-state index is 0.330. The van der Waals surface area contributed by atoms with Gasteiger partial charge in [-0.25, -0.2) is 14.6 Å². The summed E-state index contributed by atoms with van der Waals surface area (Å²) in [6.07, 6.45) is 0. The van der Waals surface area contributed by atoms with Crippen LogP contribution >= 0.6 is 11.3 Å². The number of carbonyl (C=O) groups is 1. The first-order valence-corrected chi connectivity index (χ1v) is 10.1. The SMILES string of the molecule is CCOC(=O)c1ccc(Nc2nc(-c3cc4cc(OC)ccc4oc3=O)cs2)cc1. The van der Waals surface area contributed by atoms with Gasteiger partial charge in [-0.15, -0.1) is 11.3 Å². The zero-order valence-corrected chi connectivity index (χ0v) is 17.1. The maximum atomic E-state index is 12.4. The molecular formula is C22H18N2O5S. The molecule has 7 nitrogen and oxygen atoms in total. The Kier molecular flexibility index (Phi) is 5.49. The fourth-order valence-corrected chi connectivity index (χ4v) is 3.62. The highest BCUT2D eigenvalue weighted by atomic mass is 32.1. The van der Waals surface area contributed by atoms with E-state index in [0.717, 1.165) is 11.1 Å². The van der Waals surface area contributed by atoms with Gasteiger partial charge in [0.1, 0.15) is 11.3 Å². The highest BCUT2D eigenvalue weighted by molar-refractivity contribution is 7.14. The number of benzene rings is 2. The number of carbonyl (C=O) groups excluding carboxylic acids is 1. The molecule has 0 saturated carbocycles. The van der Waals surface area contributed by atoms with Crippen LogP contribution in [0.4, 0.5) is 10.8 Å². The van der Waals surface area contributed by atoms with Gasteiger partial charge in [-0.3, -0.25) is 0 Å². The van der Waals surface area contributed by atoms with Crippen molar-refractivity contribution in [3.63, 3.8) is 0 Å². The van der Waals surface area contributed by atoms with Crippen LogP contribution in [-0.2, 0) is 4.74 Å². The highest BCUT2D eigenvalue weighted by Crippen LogP contribution is 2.28. The third kappa shape index (κ3) is 4.04. The number of fused-ring (bicyclic) bond motifs is 1. The third-order valence-electron chi connectivity index (χ3n) is 4.37. The van der Waals surface area contributed by atoms with E-state index in [1.807, 2.05) is 0 Å². The lowest BCUT2D eigenvalue weighted by atomic mass is 10.1. The molecule has 0 aliphatic carbocycles. The zero-order chi connectivity index (χ0) is 21.1. The van der Waals surface area contributed by atoms with Crippen LogP contribution in [0, 0.1) is 0 Å². The Balaban J connectivity index is 1.57. The van der Waals surface area contributed by atoms with E-state index in [1.54, 1.807) is 67.9 Å². The van der Waals surface area contributed by atoms with Gasteiger partial charge >= 0.3 is 11.6 Å². The molecule has 0 aliphatic rings. The molecule has 0 atom stereocenters. The van der Waals surface area contributed by atoms with E-state index in [0.29, 0.717) is 39.9 Å². The Hall–Kier alpha value is -3.65. The smallest absolute Gasteiger partial charge is 0.345 e. The zero-order valence-electron chi connectivity index (χ0n) is 16.3. The molecule has 8 heteroatoms. The molecule has 1 N–H and O–H groups in total. The minimum atomic E-state index is -0.455. The summed E-state index contributed by atoms with van der Waals surface area (Å²) < 4.78 is 15.6. The van der Waals surface area contributed by atoms with Crippen LogP contribution in [0.5, 0.6) is 5.75 Å². The Morgan fingerprint density at radius 3 is 2.70 bits per heavy atom. The second kappa shape index (κ2) is 8.38. The van der Waals surface area contributed by atoms with Gasteiger partial charge in [-0.2, -0.15) is 0 Å². The molecule has 2 aromatic carbocycles. The molecule has 4 rings (SSSR count). The van der Waals surface area contributed by atoms with E-state index in [2.05, 4.69) is 10.3 Å². The molecule has 0 fully saturated rings. The van der Waals surface area contributed by atoms with Crippen LogP contribution in [0.3, 0.4) is 0 Å². The summed E-state index contributed by atoms with van der Waals surface area (Å²) in [5.74, 6) is 0.314. The Morgan fingerprint density at radius 2 is 1.97 bits per heavy atom. The Morgan fingerprint density at radius 1 is 1.17 bits per heavy atom. The first kappa shape index (κ1) is 19.7. The number of hydrogen-bond acceptors (Lipinski definition) is 8. The van der Waals surface area contributed by atoms with Gasteiger partial charge in [0.05, 0.1) is 30.5 Å².